The Hall–Kier alpha value is -0.990. The maximum atomic E-state index is 5.37. The van der Waals surface area contributed by atoms with Crippen LogP contribution in [0.4, 0.5) is 0 Å². The molecule has 0 aromatic rings. The SMILES string of the molecule is C=C(OC)C12CCC1C(C)=NO2. The molecule has 0 N–H and O–H groups in total. The molecule has 0 bridgehead atoms. The summed E-state index contributed by atoms with van der Waals surface area (Å²) >= 11 is 0. The third kappa shape index (κ3) is 0.687. The zero-order valence-electron chi connectivity index (χ0n) is 7.46. The molecule has 0 aromatic carbocycles. The quantitative estimate of drug-likeness (QED) is 0.586. The lowest BCUT2D eigenvalue weighted by Gasteiger charge is -2.41. The molecule has 2 atom stereocenters. The standard InChI is InChI=1S/C9H13NO2/c1-6-8-4-5-9(8,12-10-6)7(2)11-3/h8H,2,4-5H2,1,3H3. The Morgan fingerprint density at radius 3 is 3.00 bits per heavy atom. The van der Waals surface area contributed by atoms with E-state index in [1.54, 1.807) is 7.11 Å². The molecule has 1 saturated carbocycles. The van der Waals surface area contributed by atoms with E-state index in [9.17, 15) is 0 Å². The van der Waals surface area contributed by atoms with Gasteiger partial charge in [0.15, 0.2) is 0 Å². The van der Waals surface area contributed by atoms with Crippen molar-refractivity contribution in [3.63, 3.8) is 0 Å². The summed E-state index contributed by atoms with van der Waals surface area (Å²) in [5.74, 6) is 1.12. The highest BCUT2D eigenvalue weighted by atomic mass is 16.7. The van der Waals surface area contributed by atoms with Crippen LogP contribution in [0.5, 0.6) is 0 Å². The molecule has 1 fully saturated rings. The van der Waals surface area contributed by atoms with E-state index < -0.39 is 0 Å². The van der Waals surface area contributed by atoms with Crippen LogP contribution in [0.1, 0.15) is 19.8 Å². The molecule has 3 nitrogen and oxygen atoms in total. The Labute approximate surface area is 72.0 Å². The monoisotopic (exact) mass is 167 g/mol. The fourth-order valence-electron chi connectivity index (χ4n) is 1.98. The number of oxime groups is 1. The topological polar surface area (TPSA) is 30.8 Å². The van der Waals surface area contributed by atoms with Gasteiger partial charge in [0.2, 0.25) is 5.60 Å². The average molecular weight is 167 g/mol. The lowest BCUT2D eigenvalue weighted by molar-refractivity contribution is -0.0983. The van der Waals surface area contributed by atoms with Crippen LogP contribution in [-0.4, -0.2) is 18.4 Å². The van der Waals surface area contributed by atoms with Gasteiger partial charge >= 0.3 is 0 Å². The van der Waals surface area contributed by atoms with E-state index in [2.05, 4.69) is 11.7 Å². The fourth-order valence-corrected chi connectivity index (χ4v) is 1.98. The van der Waals surface area contributed by atoms with Gasteiger partial charge in [-0.1, -0.05) is 11.7 Å². The Morgan fingerprint density at radius 1 is 1.83 bits per heavy atom. The second-order valence-electron chi connectivity index (χ2n) is 3.43. The molecule has 0 radical (unpaired) electrons. The summed E-state index contributed by atoms with van der Waals surface area (Å²) in [7, 11) is 1.63. The van der Waals surface area contributed by atoms with Gasteiger partial charge < -0.3 is 9.57 Å². The third-order valence-corrected chi connectivity index (χ3v) is 2.94. The zero-order valence-corrected chi connectivity index (χ0v) is 7.46. The largest absolute Gasteiger partial charge is 0.497 e. The summed E-state index contributed by atoms with van der Waals surface area (Å²) in [5.41, 5.74) is 0.762. The smallest absolute Gasteiger partial charge is 0.201 e. The van der Waals surface area contributed by atoms with Crippen LogP contribution in [0, 0.1) is 5.92 Å². The lowest BCUT2D eigenvalue weighted by Crippen LogP contribution is -2.49. The highest BCUT2D eigenvalue weighted by Crippen LogP contribution is 2.50. The average Bonchev–Trinajstić information content (AvgIpc) is 2.22. The minimum atomic E-state index is -0.307. The predicted molar refractivity (Wildman–Crippen MR) is 45.8 cm³/mol. The van der Waals surface area contributed by atoms with Gasteiger partial charge in [-0.2, -0.15) is 0 Å². The van der Waals surface area contributed by atoms with Gasteiger partial charge in [0, 0.05) is 0 Å². The molecule has 0 aromatic heterocycles. The second kappa shape index (κ2) is 2.25. The zero-order chi connectivity index (χ0) is 8.77. The van der Waals surface area contributed by atoms with Crippen molar-refractivity contribution < 1.29 is 9.57 Å². The molecule has 1 aliphatic carbocycles. The van der Waals surface area contributed by atoms with Crippen LogP contribution in [0.15, 0.2) is 17.5 Å². The van der Waals surface area contributed by atoms with Crippen molar-refractivity contribution in [2.24, 2.45) is 11.1 Å². The summed E-state index contributed by atoms with van der Waals surface area (Å²) in [6, 6.07) is 0. The number of rotatable bonds is 2. The van der Waals surface area contributed by atoms with Gasteiger partial charge in [-0.15, -0.1) is 0 Å². The van der Waals surface area contributed by atoms with Crippen LogP contribution in [0.25, 0.3) is 0 Å². The van der Waals surface area contributed by atoms with Crippen molar-refractivity contribution in [1.29, 1.82) is 0 Å². The van der Waals surface area contributed by atoms with Crippen molar-refractivity contribution in [3.05, 3.63) is 12.3 Å². The first-order valence-corrected chi connectivity index (χ1v) is 4.17. The predicted octanol–water partition coefficient (Wildman–Crippen LogP) is 1.70. The number of hydrogen-bond acceptors (Lipinski definition) is 3. The van der Waals surface area contributed by atoms with E-state index in [1.165, 1.54) is 0 Å². The molecule has 1 aliphatic heterocycles. The van der Waals surface area contributed by atoms with E-state index in [-0.39, 0.29) is 5.60 Å². The second-order valence-corrected chi connectivity index (χ2v) is 3.43. The van der Waals surface area contributed by atoms with E-state index in [0.717, 1.165) is 18.6 Å². The van der Waals surface area contributed by atoms with Gasteiger partial charge in [0.25, 0.3) is 0 Å². The number of methoxy groups -OCH3 is 1. The first-order valence-electron chi connectivity index (χ1n) is 4.17. The molecule has 2 unspecified atom stereocenters. The summed E-state index contributed by atoms with van der Waals surface area (Å²) in [5, 5.41) is 3.98. The number of nitrogens with zero attached hydrogens (tertiary/aromatic N) is 1. The molecule has 0 spiro atoms. The molecule has 2 aliphatic rings. The molecular weight excluding hydrogens is 154 g/mol. The normalized spacial score (nSPS) is 37.5. The van der Waals surface area contributed by atoms with E-state index in [4.69, 9.17) is 9.57 Å². The lowest BCUT2D eigenvalue weighted by atomic mass is 9.67. The van der Waals surface area contributed by atoms with Crippen molar-refractivity contribution in [1.82, 2.24) is 0 Å². The Kier molecular flexibility index (Phi) is 1.43. The molecule has 2 rings (SSSR count). The highest BCUT2D eigenvalue weighted by Gasteiger charge is 2.57. The van der Waals surface area contributed by atoms with Crippen LogP contribution in [-0.2, 0) is 9.57 Å². The molecule has 1 heterocycles. The highest BCUT2D eigenvalue weighted by molar-refractivity contribution is 5.88. The van der Waals surface area contributed by atoms with Gasteiger partial charge in [-0.25, -0.2) is 0 Å². The van der Waals surface area contributed by atoms with E-state index in [1.807, 2.05) is 6.92 Å². The number of ether oxygens (including phenoxy) is 1. The van der Waals surface area contributed by atoms with Crippen molar-refractivity contribution in [2.75, 3.05) is 7.11 Å². The minimum Gasteiger partial charge on any atom is -0.497 e. The summed E-state index contributed by atoms with van der Waals surface area (Å²) < 4.78 is 5.11. The molecule has 12 heavy (non-hydrogen) atoms. The first kappa shape index (κ1) is 7.65. The maximum absolute atomic E-state index is 5.37. The van der Waals surface area contributed by atoms with Crippen LogP contribution >= 0.6 is 0 Å². The van der Waals surface area contributed by atoms with E-state index in [0.29, 0.717) is 11.7 Å². The molecular formula is C9H13NO2. The maximum Gasteiger partial charge on any atom is 0.201 e. The van der Waals surface area contributed by atoms with Gasteiger partial charge in [0.05, 0.1) is 18.7 Å². The van der Waals surface area contributed by atoms with Crippen LogP contribution in [0.2, 0.25) is 0 Å². The first-order chi connectivity index (χ1) is 5.70. The fraction of sp³-hybridized carbons (Fsp3) is 0.667. The number of hydrogen-bond donors (Lipinski definition) is 0. The van der Waals surface area contributed by atoms with E-state index >= 15 is 0 Å². The van der Waals surface area contributed by atoms with Crippen LogP contribution in [0.3, 0.4) is 0 Å². The molecule has 0 saturated heterocycles. The summed E-state index contributed by atoms with van der Waals surface area (Å²) in [6.07, 6.45) is 2.11. The summed E-state index contributed by atoms with van der Waals surface area (Å²) in [4.78, 5) is 5.37. The Bertz CT molecular complexity index is 259. The molecule has 3 heteroatoms. The van der Waals surface area contributed by atoms with Gasteiger partial charge in [-0.3, -0.25) is 0 Å². The van der Waals surface area contributed by atoms with Crippen molar-refractivity contribution >= 4 is 5.71 Å². The molecule has 66 valence electrons. The van der Waals surface area contributed by atoms with Gasteiger partial charge in [0.1, 0.15) is 5.76 Å². The minimum absolute atomic E-state index is 0.307. The third-order valence-electron chi connectivity index (χ3n) is 2.94. The Morgan fingerprint density at radius 2 is 2.58 bits per heavy atom. The van der Waals surface area contributed by atoms with Gasteiger partial charge in [-0.05, 0) is 19.8 Å². The van der Waals surface area contributed by atoms with Crippen molar-refractivity contribution in [2.45, 2.75) is 25.4 Å². The molecule has 0 amide bonds. The number of fused-ring (bicyclic) bond motifs is 1. The summed E-state index contributed by atoms with van der Waals surface area (Å²) in [6.45, 7) is 5.84. The van der Waals surface area contributed by atoms with Crippen molar-refractivity contribution in [3.8, 4) is 0 Å². The Balaban J connectivity index is 2.21. The van der Waals surface area contributed by atoms with Crippen LogP contribution < -0.4 is 0 Å².